The molecule has 3 heterocycles. The summed E-state index contributed by atoms with van der Waals surface area (Å²) in [5.74, 6) is 0.149. The van der Waals surface area contributed by atoms with E-state index in [1.165, 1.54) is 5.06 Å². The predicted octanol–water partition coefficient (Wildman–Crippen LogP) is 0.339. The van der Waals surface area contributed by atoms with Crippen molar-refractivity contribution in [3.63, 3.8) is 0 Å². The van der Waals surface area contributed by atoms with Crippen LogP contribution < -0.4 is 5.32 Å². The molecule has 0 bridgehead atoms. The SMILES string of the molecule is Cl.O=C([C@@H]1CN[C@@H]2CCO[C@@H]2C1)N1CCCO1. The number of carbonyl (C=O) groups is 1. The second-order valence-electron chi connectivity index (χ2n) is 4.77. The van der Waals surface area contributed by atoms with Gasteiger partial charge in [0.15, 0.2) is 0 Å². The molecule has 98 valence electrons. The Hall–Kier alpha value is -0.360. The highest BCUT2D eigenvalue weighted by Crippen LogP contribution is 2.26. The average molecular weight is 263 g/mol. The molecule has 3 atom stereocenters. The molecule has 0 unspecified atom stereocenters. The average Bonchev–Trinajstić information content (AvgIpc) is 2.98. The second-order valence-corrected chi connectivity index (χ2v) is 4.77. The van der Waals surface area contributed by atoms with Crippen LogP contribution in [0.1, 0.15) is 19.3 Å². The van der Waals surface area contributed by atoms with E-state index in [2.05, 4.69) is 5.32 Å². The molecule has 0 aromatic rings. The van der Waals surface area contributed by atoms with Crippen LogP contribution in [0.4, 0.5) is 0 Å². The fourth-order valence-corrected chi connectivity index (χ4v) is 2.78. The molecule has 3 rings (SSSR count). The van der Waals surface area contributed by atoms with Crippen LogP contribution in [-0.4, -0.2) is 49.4 Å². The fourth-order valence-electron chi connectivity index (χ4n) is 2.78. The van der Waals surface area contributed by atoms with Crippen molar-refractivity contribution < 1.29 is 14.4 Å². The standard InChI is InChI=1S/C11H18N2O3.ClH/c14-11(13-3-1-4-16-13)8-6-10-9(12-7-8)2-5-15-10;/h8-10,12H,1-7H2;1H/t8-,9+,10+;/m0./s1. The predicted molar refractivity (Wildman–Crippen MR) is 63.8 cm³/mol. The van der Waals surface area contributed by atoms with Crippen molar-refractivity contribution in [3.05, 3.63) is 0 Å². The van der Waals surface area contributed by atoms with Crippen LogP contribution in [0, 0.1) is 5.92 Å². The summed E-state index contributed by atoms with van der Waals surface area (Å²) in [6.45, 7) is 3.01. The van der Waals surface area contributed by atoms with Crippen LogP contribution in [0.5, 0.6) is 0 Å². The first-order valence-corrected chi connectivity index (χ1v) is 6.14. The molecule has 0 spiro atoms. The Morgan fingerprint density at radius 2 is 2.24 bits per heavy atom. The number of hydrogen-bond acceptors (Lipinski definition) is 4. The smallest absolute Gasteiger partial charge is 0.250 e. The van der Waals surface area contributed by atoms with Gasteiger partial charge in [0.05, 0.1) is 25.2 Å². The number of carbonyl (C=O) groups excluding carboxylic acids is 1. The minimum Gasteiger partial charge on any atom is -0.377 e. The number of halogens is 1. The number of nitrogens with one attached hydrogen (secondary N) is 1. The van der Waals surface area contributed by atoms with E-state index in [0.29, 0.717) is 12.6 Å². The van der Waals surface area contributed by atoms with Crippen molar-refractivity contribution >= 4 is 18.3 Å². The summed E-state index contributed by atoms with van der Waals surface area (Å²) in [4.78, 5) is 17.4. The zero-order valence-electron chi connectivity index (χ0n) is 9.76. The van der Waals surface area contributed by atoms with Gasteiger partial charge in [-0.2, -0.15) is 0 Å². The molecule has 1 N–H and O–H groups in total. The third kappa shape index (κ3) is 2.57. The van der Waals surface area contributed by atoms with Crippen molar-refractivity contribution in [2.24, 2.45) is 5.92 Å². The van der Waals surface area contributed by atoms with Crippen LogP contribution in [0.15, 0.2) is 0 Å². The minimum absolute atomic E-state index is 0. The summed E-state index contributed by atoms with van der Waals surface area (Å²) in [6, 6.07) is 0.462. The van der Waals surface area contributed by atoms with E-state index in [-0.39, 0.29) is 30.3 Å². The highest BCUT2D eigenvalue weighted by molar-refractivity contribution is 5.85. The molecule has 3 fully saturated rings. The third-order valence-electron chi connectivity index (χ3n) is 3.70. The minimum atomic E-state index is 0. The topological polar surface area (TPSA) is 50.8 Å². The third-order valence-corrected chi connectivity index (χ3v) is 3.70. The Balaban J connectivity index is 0.00000108. The molecule has 3 aliphatic rings. The molecular formula is C11H19ClN2O3. The first-order valence-electron chi connectivity index (χ1n) is 6.14. The molecule has 3 saturated heterocycles. The molecule has 0 aromatic carbocycles. The first kappa shape index (κ1) is 13.1. The number of hydroxylamine groups is 2. The molecule has 1 amide bonds. The van der Waals surface area contributed by atoms with E-state index in [4.69, 9.17) is 9.57 Å². The highest BCUT2D eigenvalue weighted by Gasteiger charge is 2.39. The second kappa shape index (κ2) is 5.52. The van der Waals surface area contributed by atoms with Crippen LogP contribution in [0.3, 0.4) is 0 Å². The van der Waals surface area contributed by atoms with Gasteiger partial charge >= 0.3 is 0 Å². The Morgan fingerprint density at radius 1 is 1.35 bits per heavy atom. The quantitative estimate of drug-likeness (QED) is 0.740. The monoisotopic (exact) mass is 262 g/mol. The summed E-state index contributed by atoms with van der Waals surface area (Å²) in [6.07, 6.45) is 3.10. The number of ether oxygens (including phenoxy) is 1. The van der Waals surface area contributed by atoms with Gasteiger partial charge in [0.1, 0.15) is 0 Å². The van der Waals surface area contributed by atoms with E-state index >= 15 is 0 Å². The Labute approximate surface area is 107 Å². The molecule has 5 nitrogen and oxygen atoms in total. The number of nitrogens with zero attached hydrogens (tertiary/aromatic N) is 1. The van der Waals surface area contributed by atoms with Gasteiger partial charge in [0, 0.05) is 19.2 Å². The number of fused-ring (bicyclic) bond motifs is 1. The lowest BCUT2D eigenvalue weighted by molar-refractivity contribution is -0.175. The number of rotatable bonds is 1. The van der Waals surface area contributed by atoms with Crippen LogP contribution in [-0.2, 0) is 14.4 Å². The van der Waals surface area contributed by atoms with Gasteiger partial charge < -0.3 is 10.1 Å². The molecule has 3 aliphatic heterocycles. The molecule has 0 aromatic heterocycles. The van der Waals surface area contributed by atoms with Gasteiger partial charge in [0.2, 0.25) is 0 Å². The fraction of sp³-hybridized carbons (Fsp3) is 0.909. The lowest BCUT2D eigenvalue weighted by Crippen LogP contribution is -2.50. The van der Waals surface area contributed by atoms with Crippen molar-refractivity contribution in [2.45, 2.75) is 31.4 Å². The maximum atomic E-state index is 12.1. The molecule has 0 aliphatic carbocycles. The Bertz CT molecular complexity index is 284. The Kier molecular flexibility index (Phi) is 4.25. The van der Waals surface area contributed by atoms with Gasteiger partial charge in [0.25, 0.3) is 5.91 Å². The van der Waals surface area contributed by atoms with Gasteiger partial charge in [-0.25, -0.2) is 5.06 Å². The zero-order chi connectivity index (χ0) is 11.0. The van der Waals surface area contributed by atoms with Crippen molar-refractivity contribution in [1.29, 1.82) is 0 Å². The van der Waals surface area contributed by atoms with E-state index in [1.54, 1.807) is 0 Å². The summed E-state index contributed by atoms with van der Waals surface area (Å²) in [5.41, 5.74) is 0. The zero-order valence-corrected chi connectivity index (χ0v) is 10.6. The van der Waals surface area contributed by atoms with Crippen LogP contribution >= 0.6 is 12.4 Å². The van der Waals surface area contributed by atoms with Crippen molar-refractivity contribution in [2.75, 3.05) is 26.3 Å². The highest BCUT2D eigenvalue weighted by atomic mass is 35.5. The van der Waals surface area contributed by atoms with E-state index in [1.807, 2.05) is 0 Å². The number of hydrogen-bond donors (Lipinski definition) is 1. The first-order chi connectivity index (χ1) is 7.84. The lowest BCUT2D eigenvalue weighted by atomic mass is 9.91. The maximum absolute atomic E-state index is 12.1. The van der Waals surface area contributed by atoms with Crippen LogP contribution in [0.25, 0.3) is 0 Å². The molecule has 0 radical (unpaired) electrons. The molecular weight excluding hydrogens is 244 g/mol. The molecule has 17 heavy (non-hydrogen) atoms. The summed E-state index contributed by atoms with van der Waals surface area (Å²) in [7, 11) is 0. The van der Waals surface area contributed by atoms with E-state index < -0.39 is 0 Å². The molecule has 6 heteroatoms. The Morgan fingerprint density at radius 3 is 3.00 bits per heavy atom. The van der Waals surface area contributed by atoms with Gasteiger partial charge in [-0.1, -0.05) is 0 Å². The van der Waals surface area contributed by atoms with Gasteiger partial charge in [-0.05, 0) is 19.3 Å². The number of piperidine rings is 1. The van der Waals surface area contributed by atoms with E-state index in [9.17, 15) is 4.79 Å². The maximum Gasteiger partial charge on any atom is 0.250 e. The number of amides is 1. The summed E-state index contributed by atoms with van der Waals surface area (Å²) in [5, 5.41) is 4.94. The molecule has 0 saturated carbocycles. The summed E-state index contributed by atoms with van der Waals surface area (Å²) < 4.78 is 5.63. The summed E-state index contributed by atoms with van der Waals surface area (Å²) >= 11 is 0. The van der Waals surface area contributed by atoms with Gasteiger partial charge in [-0.15, -0.1) is 12.4 Å². The van der Waals surface area contributed by atoms with Gasteiger partial charge in [-0.3, -0.25) is 9.63 Å². The van der Waals surface area contributed by atoms with Crippen LogP contribution in [0.2, 0.25) is 0 Å². The van der Waals surface area contributed by atoms with Crippen molar-refractivity contribution in [3.8, 4) is 0 Å². The largest absolute Gasteiger partial charge is 0.377 e. The normalized spacial score (nSPS) is 36.5. The van der Waals surface area contributed by atoms with E-state index in [0.717, 1.165) is 39.0 Å². The van der Waals surface area contributed by atoms with Crippen molar-refractivity contribution in [1.82, 2.24) is 10.4 Å². The lowest BCUT2D eigenvalue weighted by Gasteiger charge is -2.32.